The Morgan fingerprint density at radius 3 is 2.52 bits per heavy atom. The molecule has 0 unspecified atom stereocenters. The van der Waals surface area contributed by atoms with Gasteiger partial charge < -0.3 is 9.64 Å². The Labute approximate surface area is 126 Å². The molecule has 2 rings (SSSR count). The van der Waals surface area contributed by atoms with Crippen LogP contribution in [0.5, 0.6) is 5.75 Å². The summed E-state index contributed by atoms with van der Waals surface area (Å²) in [7, 11) is 0. The molecule has 0 aliphatic carbocycles. The summed E-state index contributed by atoms with van der Waals surface area (Å²) in [6.07, 6.45) is 3.80. The van der Waals surface area contributed by atoms with Crippen LogP contribution < -0.4 is 9.64 Å². The van der Waals surface area contributed by atoms with Crippen LogP contribution in [-0.4, -0.2) is 24.7 Å². The Hall–Kier alpha value is -2.29. The minimum atomic E-state index is 0.656. The lowest BCUT2D eigenvalue weighted by atomic mass is 10.1. The van der Waals surface area contributed by atoms with E-state index in [0.717, 1.165) is 41.1 Å². The smallest absolute Gasteiger partial charge is 0.120 e. The zero-order valence-electron chi connectivity index (χ0n) is 12.8. The first-order chi connectivity index (χ1) is 10.2. The number of hydrogen-bond acceptors (Lipinski definition) is 3. The van der Waals surface area contributed by atoms with Gasteiger partial charge in [0.25, 0.3) is 0 Å². The zero-order valence-corrected chi connectivity index (χ0v) is 12.8. The fraction of sp³-hybridized carbons (Fsp3) is 0.278. The molecule has 0 aliphatic heterocycles. The Balaban J connectivity index is 2.59. The number of ether oxygens (including phenoxy) is 1. The highest BCUT2D eigenvalue weighted by molar-refractivity contribution is 5.93. The van der Waals surface area contributed by atoms with Crippen molar-refractivity contribution < 1.29 is 4.74 Å². The van der Waals surface area contributed by atoms with Crippen molar-refractivity contribution in [2.75, 3.05) is 24.6 Å². The van der Waals surface area contributed by atoms with Gasteiger partial charge in [-0.2, -0.15) is 0 Å². The molecule has 110 valence electrons. The molecule has 3 nitrogen and oxygen atoms in total. The lowest BCUT2D eigenvalue weighted by Crippen LogP contribution is -2.23. The number of aromatic nitrogens is 1. The number of aryl methyl sites for hydroxylation is 1. The summed E-state index contributed by atoms with van der Waals surface area (Å²) in [5, 5.41) is 1.09. The van der Waals surface area contributed by atoms with Gasteiger partial charge in [0, 0.05) is 29.9 Å². The van der Waals surface area contributed by atoms with E-state index in [-0.39, 0.29) is 0 Å². The van der Waals surface area contributed by atoms with Gasteiger partial charge in [-0.25, -0.2) is 0 Å². The molecule has 1 aromatic carbocycles. The van der Waals surface area contributed by atoms with Gasteiger partial charge in [-0.1, -0.05) is 12.2 Å². The molecule has 2 aromatic rings. The zero-order chi connectivity index (χ0) is 15.2. The van der Waals surface area contributed by atoms with Crippen molar-refractivity contribution in [3.8, 4) is 5.75 Å². The minimum absolute atomic E-state index is 0.656. The number of rotatable bonds is 7. The molecule has 0 bridgehead atoms. The van der Waals surface area contributed by atoms with Crippen molar-refractivity contribution in [1.29, 1.82) is 0 Å². The number of benzene rings is 1. The quantitative estimate of drug-likeness (QED) is 0.714. The van der Waals surface area contributed by atoms with E-state index in [2.05, 4.69) is 35.2 Å². The molecule has 1 aromatic heterocycles. The average molecular weight is 282 g/mol. The predicted molar refractivity (Wildman–Crippen MR) is 90.3 cm³/mol. The van der Waals surface area contributed by atoms with Crippen molar-refractivity contribution in [1.82, 2.24) is 4.98 Å². The topological polar surface area (TPSA) is 25.4 Å². The first kappa shape index (κ1) is 15.1. The fourth-order valence-electron chi connectivity index (χ4n) is 2.42. The summed E-state index contributed by atoms with van der Waals surface area (Å²) in [5.41, 5.74) is 3.12. The summed E-state index contributed by atoms with van der Waals surface area (Å²) in [6, 6.07) is 8.13. The first-order valence-corrected chi connectivity index (χ1v) is 7.20. The van der Waals surface area contributed by atoms with Crippen LogP contribution in [0.4, 0.5) is 5.69 Å². The molecule has 0 radical (unpaired) electrons. The summed E-state index contributed by atoms with van der Waals surface area (Å²) >= 11 is 0. The number of fused-ring (bicyclic) bond motifs is 1. The van der Waals surface area contributed by atoms with Crippen LogP contribution in [0.3, 0.4) is 0 Å². The third-order valence-electron chi connectivity index (χ3n) is 3.24. The van der Waals surface area contributed by atoms with E-state index in [1.54, 1.807) is 0 Å². The predicted octanol–water partition coefficient (Wildman–Crippen LogP) is 4.12. The lowest BCUT2D eigenvalue weighted by molar-refractivity contribution is 0.340. The molecular weight excluding hydrogens is 260 g/mol. The Kier molecular flexibility index (Phi) is 4.99. The maximum atomic E-state index is 5.61. The SMILES string of the molecule is C=CCN(CC=C)c1cc(C)nc2ccc(OCC)cc12. The molecule has 21 heavy (non-hydrogen) atoms. The fourth-order valence-corrected chi connectivity index (χ4v) is 2.42. The van der Waals surface area contributed by atoms with Crippen LogP contribution >= 0.6 is 0 Å². The lowest BCUT2D eigenvalue weighted by Gasteiger charge is -2.24. The molecule has 0 amide bonds. The first-order valence-electron chi connectivity index (χ1n) is 7.20. The molecule has 0 atom stereocenters. The van der Waals surface area contributed by atoms with E-state index < -0.39 is 0 Å². The molecule has 1 heterocycles. The van der Waals surface area contributed by atoms with Gasteiger partial charge >= 0.3 is 0 Å². The van der Waals surface area contributed by atoms with Gasteiger partial charge in [0.1, 0.15) is 5.75 Å². The highest BCUT2D eigenvalue weighted by Crippen LogP contribution is 2.30. The van der Waals surface area contributed by atoms with Crippen molar-refractivity contribution in [3.63, 3.8) is 0 Å². The Morgan fingerprint density at radius 1 is 1.19 bits per heavy atom. The minimum Gasteiger partial charge on any atom is -0.494 e. The van der Waals surface area contributed by atoms with Crippen LogP contribution in [0.25, 0.3) is 10.9 Å². The van der Waals surface area contributed by atoms with Gasteiger partial charge in [-0.05, 0) is 38.1 Å². The van der Waals surface area contributed by atoms with Crippen molar-refractivity contribution in [2.24, 2.45) is 0 Å². The standard InChI is InChI=1S/C18H22N2O/c1-5-10-20(11-6-2)18-12-14(4)19-17-9-8-15(21-7-3)13-16(17)18/h5-6,8-9,12-13H,1-2,7,10-11H2,3-4H3. The molecular formula is C18H22N2O. The molecule has 0 aliphatic rings. The van der Waals surface area contributed by atoms with Crippen LogP contribution in [0.15, 0.2) is 49.6 Å². The van der Waals surface area contributed by atoms with Crippen molar-refractivity contribution >= 4 is 16.6 Å². The van der Waals surface area contributed by atoms with E-state index >= 15 is 0 Å². The maximum absolute atomic E-state index is 5.61. The number of hydrogen-bond donors (Lipinski definition) is 0. The molecule has 0 spiro atoms. The normalized spacial score (nSPS) is 10.4. The van der Waals surface area contributed by atoms with Crippen LogP contribution in [-0.2, 0) is 0 Å². The second kappa shape index (κ2) is 6.93. The van der Waals surface area contributed by atoms with Crippen molar-refractivity contribution in [3.05, 3.63) is 55.3 Å². The van der Waals surface area contributed by atoms with E-state index in [1.165, 1.54) is 0 Å². The molecule has 0 saturated heterocycles. The highest BCUT2D eigenvalue weighted by Gasteiger charge is 2.11. The van der Waals surface area contributed by atoms with Crippen LogP contribution in [0, 0.1) is 6.92 Å². The maximum Gasteiger partial charge on any atom is 0.120 e. The summed E-state index contributed by atoms with van der Waals surface area (Å²) < 4.78 is 5.61. The third-order valence-corrected chi connectivity index (χ3v) is 3.24. The van der Waals surface area contributed by atoms with Crippen LogP contribution in [0.2, 0.25) is 0 Å². The highest BCUT2D eigenvalue weighted by atomic mass is 16.5. The second-order valence-electron chi connectivity index (χ2n) is 4.88. The third kappa shape index (κ3) is 3.43. The van der Waals surface area contributed by atoms with Gasteiger partial charge in [-0.15, -0.1) is 13.2 Å². The van der Waals surface area contributed by atoms with Crippen LogP contribution in [0.1, 0.15) is 12.6 Å². The van der Waals surface area contributed by atoms with Gasteiger partial charge in [0.2, 0.25) is 0 Å². The largest absolute Gasteiger partial charge is 0.494 e. The number of nitrogens with zero attached hydrogens (tertiary/aromatic N) is 2. The Morgan fingerprint density at radius 2 is 1.90 bits per heavy atom. The van der Waals surface area contributed by atoms with E-state index in [1.807, 2.05) is 38.1 Å². The molecule has 0 saturated carbocycles. The van der Waals surface area contributed by atoms with E-state index in [9.17, 15) is 0 Å². The molecule has 0 fully saturated rings. The van der Waals surface area contributed by atoms with E-state index in [0.29, 0.717) is 6.61 Å². The van der Waals surface area contributed by atoms with Crippen molar-refractivity contribution in [2.45, 2.75) is 13.8 Å². The summed E-state index contributed by atoms with van der Waals surface area (Å²) in [6.45, 7) is 13.9. The number of anilines is 1. The van der Waals surface area contributed by atoms with Gasteiger partial charge in [0.05, 0.1) is 12.1 Å². The van der Waals surface area contributed by atoms with Gasteiger partial charge in [-0.3, -0.25) is 4.98 Å². The van der Waals surface area contributed by atoms with Gasteiger partial charge in [0.15, 0.2) is 0 Å². The summed E-state index contributed by atoms with van der Waals surface area (Å²) in [4.78, 5) is 6.84. The second-order valence-corrected chi connectivity index (χ2v) is 4.88. The monoisotopic (exact) mass is 282 g/mol. The molecule has 0 N–H and O–H groups in total. The summed E-state index contributed by atoms with van der Waals surface area (Å²) in [5.74, 6) is 0.869. The Bertz CT molecular complexity index is 639. The van der Waals surface area contributed by atoms with E-state index in [4.69, 9.17) is 4.74 Å². The number of pyridine rings is 1. The molecule has 3 heteroatoms. The average Bonchev–Trinajstić information content (AvgIpc) is 2.47.